The lowest BCUT2D eigenvalue weighted by molar-refractivity contribution is 0.847. The van der Waals surface area contributed by atoms with E-state index < -0.39 is 0 Å². The molecule has 0 unspecified atom stereocenters. The lowest BCUT2D eigenvalue weighted by Crippen LogP contribution is -2.17. The van der Waals surface area contributed by atoms with Gasteiger partial charge in [-0.05, 0) is 32.4 Å². The molecule has 1 rings (SSSR count). The molecule has 0 saturated carbocycles. The van der Waals surface area contributed by atoms with Crippen molar-refractivity contribution < 1.29 is 0 Å². The summed E-state index contributed by atoms with van der Waals surface area (Å²) in [5, 5.41) is 0. The second-order valence-electron chi connectivity index (χ2n) is 3.56. The summed E-state index contributed by atoms with van der Waals surface area (Å²) in [5.74, 6) is 0.990. The van der Waals surface area contributed by atoms with Gasteiger partial charge in [0.25, 0.3) is 0 Å². The molecular formula is C11H17NS. The van der Waals surface area contributed by atoms with E-state index in [0.29, 0.717) is 0 Å². The molecule has 1 atom stereocenters. The molecule has 0 aliphatic rings. The summed E-state index contributed by atoms with van der Waals surface area (Å²) in [6.45, 7) is 6.31. The largest absolute Gasteiger partial charge is 0.327 e. The lowest BCUT2D eigenvalue weighted by Gasteiger charge is -2.08. The Morgan fingerprint density at radius 3 is 2.62 bits per heavy atom. The van der Waals surface area contributed by atoms with Gasteiger partial charge in [-0.25, -0.2) is 0 Å². The van der Waals surface area contributed by atoms with E-state index in [9.17, 15) is 0 Å². The molecule has 0 aliphatic heterocycles. The fraction of sp³-hybridized carbons (Fsp3) is 0.455. The van der Waals surface area contributed by atoms with Gasteiger partial charge < -0.3 is 5.73 Å². The molecule has 2 heteroatoms. The lowest BCUT2D eigenvalue weighted by atomic mass is 10.2. The highest BCUT2D eigenvalue weighted by molar-refractivity contribution is 7.99. The number of thioether (sulfide) groups is 1. The topological polar surface area (TPSA) is 26.0 Å². The van der Waals surface area contributed by atoms with Crippen LogP contribution in [0.4, 0.5) is 0 Å². The van der Waals surface area contributed by atoms with Crippen LogP contribution in [-0.4, -0.2) is 11.8 Å². The van der Waals surface area contributed by atoms with E-state index in [1.165, 1.54) is 16.0 Å². The van der Waals surface area contributed by atoms with Crippen molar-refractivity contribution in [2.75, 3.05) is 5.75 Å². The fourth-order valence-electron chi connectivity index (χ4n) is 1.18. The van der Waals surface area contributed by atoms with Gasteiger partial charge in [0.2, 0.25) is 0 Å². The van der Waals surface area contributed by atoms with Crippen molar-refractivity contribution in [3.63, 3.8) is 0 Å². The van der Waals surface area contributed by atoms with Crippen molar-refractivity contribution >= 4 is 11.8 Å². The Morgan fingerprint density at radius 1 is 1.38 bits per heavy atom. The zero-order valence-electron chi connectivity index (χ0n) is 8.50. The third kappa shape index (κ3) is 3.41. The van der Waals surface area contributed by atoms with Crippen LogP contribution in [0.5, 0.6) is 0 Å². The summed E-state index contributed by atoms with van der Waals surface area (Å²) in [6, 6.07) is 6.81. The number of aryl methyl sites for hydroxylation is 2. The van der Waals surface area contributed by atoms with Gasteiger partial charge in [-0.1, -0.05) is 17.7 Å². The molecule has 0 radical (unpaired) electrons. The minimum atomic E-state index is 0.269. The number of hydrogen-bond acceptors (Lipinski definition) is 2. The molecule has 0 heterocycles. The third-order valence-corrected chi connectivity index (χ3v) is 3.29. The van der Waals surface area contributed by atoms with Gasteiger partial charge in [-0.3, -0.25) is 0 Å². The second kappa shape index (κ2) is 4.68. The third-order valence-electron chi connectivity index (χ3n) is 1.83. The molecule has 0 spiro atoms. The molecule has 1 aromatic rings. The van der Waals surface area contributed by atoms with Crippen molar-refractivity contribution in [1.82, 2.24) is 0 Å². The number of benzene rings is 1. The molecule has 0 saturated heterocycles. The van der Waals surface area contributed by atoms with E-state index in [1.54, 1.807) is 0 Å². The standard InChI is InChI=1S/C11H17NS/c1-8-4-5-11(9(2)6-8)13-7-10(3)12/h4-6,10H,7,12H2,1-3H3/t10-/m0/s1. The SMILES string of the molecule is Cc1ccc(SC[C@H](C)N)c(C)c1. The number of rotatable bonds is 3. The maximum atomic E-state index is 5.70. The molecular weight excluding hydrogens is 178 g/mol. The second-order valence-corrected chi connectivity index (χ2v) is 4.62. The Balaban J connectivity index is 2.67. The number of nitrogens with two attached hydrogens (primary N) is 1. The summed E-state index contributed by atoms with van der Waals surface area (Å²) >= 11 is 1.84. The van der Waals surface area contributed by atoms with Crippen LogP contribution in [0.1, 0.15) is 18.1 Å². The first kappa shape index (κ1) is 10.6. The predicted octanol–water partition coefficient (Wildman–Crippen LogP) is 2.74. The maximum absolute atomic E-state index is 5.70. The zero-order chi connectivity index (χ0) is 9.84. The molecule has 2 N–H and O–H groups in total. The molecule has 0 bridgehead atoms. The first-order valence-corrected chi connectivity index (χ1v) is 5.54. The number of hydrogen-bond donors (Lipinski definition) is 1. The minimum absolute atomic E-state index is 0.269. The smallest absolute Gasteiger partial charge is 0.0130 e. The summed E-state index contributed by atoms with van der Waals surface area (Å²) in [4.78, 5) is 1.35. The van der Waals surface area contributed by atoms with Crippen LogP contribution < -0.4 is 5.73 Å². The molecule has 0 aromatic heterocycles. The van der Waals surface area contributed by atoms with Crippen LogP contribution in [0.2, 0.25) is 0 Å². The quantitative estimate of drug-likeness (QED) is 0.750. The first-order valence-electron chi connectivity index (χ1n) is 4.55. The van der Waals surface area contributed by atoms with Gasteiger partial charge in [-0.2, -0.15) is 0 Å². The molecule has 13 heavy (non-hydrogen) atoms. The molecule has 0 fully saturated rings. The maximum Gasteiger partial charge on any atom is 0.0130 e. The van der Waals surface area contributed by atoms with E-state index in [2.05, 4.69) is 32.0 Å². The van der Waals surface area contributed by atoms with Gasteiger partial charge in [0, 0.05) is 16.7 Å². The average Bonchev–Trinajstić information content (AvgIpc) is 2.02. The highest BCUT2D eigenvalue weighted by atomic mass is 32.2. The molecule has 1 aromatic carbocycles. The van der Waals surface area contributed by atoms with Gasteiger partial charge in [0.1, 0.15) is 0 Å². The van der Waals surface area contributed by atoms with Crippen LogP contribution >= 0.6 is 11.8 Å². The van der Waals surface area contributed by atoms with Gasteiger partial charge in [0.05, 0.1) is 0 Å². The Bertz CT molecular complexity index is 281. The predicted molar refractivity (Wildman–Crippen MR) is 60.3 cm³/mol. The highest BCUT2D eigenvalue weighted by Gasteiger charge is 2.00. The molecule has 0 aliphatic carbocycles. The molecule has 72 valence electrons. The van der Waals surface area contributed by atoms with Crippen LogP contribution in [-0.2, 0) is 0 Å². The van der Waals surface area contributed by atoms with E-state index in [0.717, 1.165) is 5.75 Å². The Labute approximate surface area is 84.7 Å². The molecule has 0 amide bonds. The summed E-state index contributed by atoms with van der Waals surface area (Å²) in [7, 11) is 0. The normalized spacial score (nSPS) is 12.9. The Kier molecular flexibility index (Phi) is 3.82. The fourth-order valence-corrected chi connectivity index (χ4v) is 2.08. The van der Waals surface area contributed by atoms with Crippen molar-refractivity contribution in [1.29, 1.82) is 0 Å². The van der Waals surface area contributed by atoms with Gasteiger partial charge in [0.15, 0.2) is 0 Å². The monoisotopic (exact) mass is 195 g/mol. The van der Waals surface area contributed by atoms with Crippen LogP contribution in [0.15, 0.2) is 23.1 Å². The van der Waals surface area contributed by atoms with E-state index in [-0.39, 0.29) is 6.04 Å². The van der Waals surface area contributed by atoms with Crippen molar-refractivity contribution in [3.8, 4) is 0 Å². The van der Waals surface area contributed by atoms with Crippen LogP contribution in [0, 0.1) is 13.8 Å². The zero-order valence-corrected chi connectivity index (χ0v) is 9.32. The van der Waals surface area contributed by atoms with E-state index in [4.69, 9.17) is 5.73 Å². The van der Waals surface area contributed by atoms with Crippen molar-refractivity contribution in [2.24, 2.45) is 5.73 Å². The first-order chi connectivity index (χ1) is 6.09. The van der Waals surface area contributed by atoms with Crippen molar-refractivity contribution in [2.45, 2.75) is 31.7 Å². The van der Waals surface area contributed by atoms with E-state index >= 15 is 0 Å². The van der Waals surface area contributed by atoms with Gasteiger partial charge >= 0.3 is 0 Å². The summed E-state index contributed by atoms with van der Waals surface area (Å²) < 4.78 is 0. The summed E-state index contributed by atoms with van der Waals surface area (Å²) in [6.07, 6.45) is 0. The molecule has 1 nitrogen and oxygen atoms in total. The Morgan fingerprint density at radius 2 is 2.08 bits per heavy atom. The average molecular weight is 195 g/mol. The minimum Gasteiger partial charge on any atom is -0.327 e. The van der Waals surface area contributed by atoms with Gasteiger partial charge in [-0.15, -0.1) is 11.8 Å². The van der Waals surface area contributed by atoms with Crippen LogP contribution in [0.25, 0.3) is 0 Å². The summed E-state index contributed by atoms with van der Waals surface area (Å²) in [5.41, 5.74) is 8.37. The van der Waals surface area contributed by atoms with E-state index in [1.807, 2.05) is 18.7 Å². The van der Waals surface area contributed by atoms with Crippen LogP contribution in [0.3, 0.4) is 0 Å². The highest BCUT2D eigenvalue weighted by Crippen LogP contribution is 2.23. The van der Waals surface area contributed by atoms with Crippen molar-refractivity contribution in [3.05, 3.63) is 29.3 Å². The Hall–Kier alpha value is -0.470.